The van der Waals surface area contributed by atoms with E-state index in [0.717, 1.165) is 12.0 Å². The van der Waals surface area contributed by atoms with Crippen molar-refractivity contribution in [1.29, 1.82) is 0 Å². The maximum Gasteiger partial charge on any atom is 0.342 e. The van der Waals surface area contributed by atoms with Crippen LogP contribution in [0.1, 0.15) is 21.5 Å². The fraction of sp³-hybridized carbons (Fsp3) is 0.263. The first kappa shape index (κ1) is 18.1. The molecule has 3 rings (SSSR count). The van der Waals surface area contributed by atoms with Gasteiger partial charge in [0.25, 0.3) is 5.91 Å². The Bertz CT molecular complexity index is 853. The van der Waals surface area contributed by atoms with Gasteiger partial charge in [-0.3, -0.25) is 4.79 Å². The van der Waals surface area contributed by atoms with Crippen LogP contribution in [0.25, 0.3) is 0 Å². The molecule has 6 nitrogen and oxygen atoms in total. The molecule has 0 saturated heterocycles. The van der Waals surface area contributed by atoms with Crippen LogP contribution in [0.2, 0.25) is 5.02 Å². The Labute approximate surface area is 156 Å². The van der Waals surface area contributed by atoms with Crippen molar-refractivity contribution in [2.45, 2.75) is 13.0 Å². The zero-order valence-corrected chi connectivity index (χ0v) is 15.1. The summed E-state index contributed by atoms with van der Waals surface area (Å²) in [6.07, 6.45) is 0.789. The van der Waals surface area contributed by atoms with E-state index in [0.29, 0.717) is 18.8 Å². The average molecular weight is 375 g/mol. The maximum absolute atomic E-state index is 12.4. The van der Waals surface area contributed by atoms with E-state index in [1.165, 1.54) is 24.8 Å². The van der Waals surface area contributed by atoms with Crippen LogP contribution >= 0.6 is 11.6 Å². The number of ether oxygens (including phenoxy) is 2. The SMILES string of the molecule is COc1cc(N)c(Cl)cc1C(=O)OCC(=O)N1CCc2ccccc2C1. The average Bonchev–Trinajstić information content (AvgIpc) is 2.67. The van der Waals surface area contributed by atoms with Crippen LogP contribution in [0.15, 0.2) is 36.4 Å². The Morgan fingerprint density at radius 1 is 1.23 bits per heavy atom. The van der Waals surface area contributed by atoms with Gasteiger partial charge in [0.1, 0.15) is 11.3 Å². The van der Waals surface area contributed by atoms with Gasteiger partial charge in [-0.15, -0.1) is 0 Å². The summed E-state index contributed by atoms with van der Waals surface area (Å²) in [6, 6.07) is 10.8. The van der Waals surface area contributed by atoms with Gasteiger partial charge in [-0.1, -0.05) is 35.9 Å². The minimum absolute atomic E-state index is 0.128. The van der Waals surface area contributed by atoms with Crippen molar-refractivity contribution < 1.29 is 19.1 Å². The smallest absolute Gasteiger partial charge is 0.342 e. The third-order valence-electron chi connectivity index (χ3n) is 4.35. The lowest BCUT2D eigenvalue weighted by Gasteiger charge is -2.28. The Morgan fingerprint density at radius 3 is 2.69 bits per heavy atom. The number of amides is 1. The number of benzene rings is 2. The second-order valence-corrected chi connectivity index (χ2v) is 6.39. The summed E-state index contributed by atoms with van der Waals surface area (Å²) in [5, 5.41) is 0.219. The maximum atomic E-state index is 12.4. The van der Waals surface area contributed by atoms with Crippen molar-refractivity contribution in [1.82, 2.24) is 4.90 Å². The van der Waals surface area contributed by atoms with Crippen LogP contribution in [0, 0.1) is 0 Å². The van der Waals surface area contributed by atoms with Crippen molar-refractivity contribution in [3.8, 4) is 5.75 Å². The molecule has 1 aliphatic heterocycles. The first-order valence-electron chi connectivity index (χ1n) is 8.14. The van der Waals surface area contributed by atoms with Crippen molar-refractivity contribution in [3.63, 3.8) is 0 Å². The van der Waals surface area contributed by atoms with Gasteiger partial charge in [0.15, 0.2) is 6.61 Å². The van der Waals surface area contributed by atoms with Gasteiger partial charge in [0, 0.05) is 19.2 Å². The van der Waals surface area contributed by atoms with E-state index in [2.05, 4.69) is 6.07 Å². The van der Waals surface area contributed by atoms with Gasteiger partial charge in [-0.25, -0.2) is 4.79 Å². The molecule has 26 heavy (non-hydrogen) atoms. The van der Waals surface area contributed by atoms with E-state index in [9.17, 15) is 9.59 Å². The van der Waals surface area contributed by atoms with Crippen LogP contribution < -0.4 is 10.5 Å². The fourth-order valence-corrected chi connectivity index (χ4v) is 3.07. The number of esters is 1. The molecule has 0 spiro atoms. The molecule has 1 amide bonds. The Morgan fingerprint density at radius 2 is 1.96 bits per heavy atom. The third-order valence-corrected chi connectivity index (χ3v) is 4.68. The number of carbonyl (C=O) groups excluding carboxylic acids is 2. The molecule has 0 radical (unpaired) electrons. The first-order chi connectivity index (χ1) is 12.5. The molecule has 0 atom stereocenters. The summed E-state index contributed by atoms with van der Waals surface area (Å²) in [7, 11) is 1.41. The number of hydrogen-bond acceptors (Lipinski definition) is 5. The molecule has 1 heterocycles. The van der Waals surface area contributed by atoms with Crippen LogP contribution in [0.5, 0.6) is 5.75 Å². The minimum atomic E-state index is -0.686. The number of rotatable bonds is 4. The second-order valence-electron chi connectivity index (χ2n) is 5.98. The molecule has 0 saturated carbocycles. The number of nitrogen functional groups attached to an aromatic ring is 1. The van der Waals surface area contributed by atoms with Gasteiger partial charge < -0.3 is 20.1 Å². The summed E-state index contributed by atoms with van der Waals surface area (Å²) >= 11 is 5.96. The molecule has 0 aliphatic carbocycles. The highest BCUT2D eigenvalue weighted by atomic mass is 35.5. The highest BCUT2D eigenvalue weighted by Gasteiger charge is 2.23. The van der Waals surface area contributed by atoms with Gasteiger partial charge in [0.05, 0.1) is 17.8 Å². The van der Waals surface area contributed by atoms with Crippen molar-refractivity contribution in [3.05, 3.63) is 58.1 Å². The lowest BCUT2D eigenvalue weighted by molar-refractivity contribution is -0.135. The van der Waals surface area contributed by atoms with Gasteiger partial charge >= 0.3 is 5.97 Å². The van der Waals surface area contributed by atoms with E-state index < -0.39 is 5.97 Å². The predicted octanol–water partition coefficient (Wildman–Crippen LogP) is 2.67. The van der Waals surface area contributed by atoms with E-state index in [4.69, 9.17) is 26.8 Å². The van der Waals surface area contributed by atoms with E-state index in [1.54, 1.807) is 4.90 Å². The molecule has 0 aromatic heterocycles. The van der Waals surface area contributed by atoms with Gasteiger partial charge in [-0.05, 0) is 23.6 Å². The lowest BCUT2D eigenvalue weighted by atomic mass is 10.00. The summed E-state index contributed by atoms with van der Waals surface area (Å²) < 4.78 is 10.3. The fourth-order valence-electron chi connectivity index (χ4n) is 2.90. The van der Waals surface area contributed by atoms with Crippen LogP contribution in [-0.2, 0) is 22.5 Å². The number of hydrogen-bond donors (Lipinski definition) is 1. The van der Waals surface area contributed by atoms with E-state index >= 15 is 0 Å². The summed E-state index contributed by atoms with van der Waals surface area (Å²) in [5.41, 5.74) is 8.48. The van der Waals surface area contributed by atoms with Gasteiger partial charge in [0.2, 0.25) is 0 Å². The van der Waals surface area contributed by atoms with Crippen LogP contribution in [0.3, 0.4) is 0 Å². The molecule has 2 aromatic rings. The molecule has 7 heteroatoms. The predicted molar refractivity (Wildman–Crippen MR) is 98.3 cm³/mol. The number of halogens is 1. The molecule has 136 valence electrons. The van der Waals surface area contributed by atoms with Crippen LogP contribution in [-0.4, -0.2) is 37.0 Å². The molecular weight excluding hydrogens is 356 g/mol. The molecule has 1 aliphatic rings. The molecule has 0 unspecified atom stereocenters. The monoisotopic (exact) mass is 374 g/mol. The zero-order valence-electron chi connectivity index (χ0n) is 14.3. The Hall–Kier alpha value is -2.73. The minimum Gasteiger partial charge on any atom is -0.496 e. The molecule has 0 bridgehead atoms. The highest BCUT2D eigenvalue weighted by Crippen LogP contribution is 2.29. The number of anilines is 1. The largest absolute Gasteiger partial charge is 0.496 e. The normalized spacial score (nSPS) is 13.1. The van der Waals surface area contributed by atoms with Gasteiger partial charge in [-0.2, -0.15) is 0 Å². The highest BCUT2D eigenvalue weighted by molar-refractivity contribution is 6.33. The number of fused-ring (bicyclic) bond motifs is 1. The molecular formula is C19H19ClN2O4. The summed E-state index contributed by atoms with van der Waals surface area (Å²) in [5.74, 6) is -0.681. The number of nitrogens with two attached hydrogens (primary N) is 1. The molecule has 2 aromatic carbocycles. The molecule has 2 N–H and O–H groups in total. The molecule has 0 fully saturated rings. The summed E-state index contributed by atoms with van der Waals surface area (Å²) in [6.45, 7) is 0.778. The number of nitrogens with zero attached hydrogens (tertiary/aromatic N) is 1. The standard InChI is InChI=1S/C19H19ClN2O4/c1-25-17-9-16(21)15(20)8-14(17)19(24)26-11-18(23)22-7-6-12-4-2-3-5-13(12)10-22/h2-5,8-9H,6-7,10-11,21H2,1H3. The quantitative estimate of drug-likeness (QED) is 0.657. The summed E-state index contributed by atoms with van der Waals surface area (Å²) in [4.78, 5) is 26.4. The van der Waals surface area contributed by atoms with Crippen molar-refractivity contribution in [2.75, 3.05) is 26.0 Å². The Balaban J connectivity index is 1.63. The van der Waals surface area contributed by atoms with Crippen LogP contribution in [0.4, 0.5) is 5.69 Å². The Kier molecular flexibility index (Phi) is 5.32. The zero-order chi connectivity index (χ0) is 18.7. The topological polar surface area (TPSA) is 81.9 Å². The number of methoxy groups -OCH3 is 1. The lowest BCUT2D eigenvalue weighted by Crippen LogP contribution is -2.38. The van der Waals surface area contributed by atoms with Crippen molar-refractivity contribution in [2.24, 2.45) is 0 Å². The number of carbonyl (C=O) groups is 2. The van der Waals surface area contributed by atoms with E-state index in [-0.39, 0.29) is 28.8 Å². The first-order valence-corrected chi connectivity index (χ1v) is 8.52. The second kappa shape index (κ2) is 7.66. The third kappa shape index (κ3) is 3.75. The van der Waals surface area contributed by atoms with E-state index in [1.807, 2.05) is 18.2 Å². The van der Waals surface area contributed by atoms with Crippen molar-refractivity contribution >= 4 is 29.2 Å².